The molecule has 1 aliphatic rings. The maximum Gasteiger partial charge on any atom is 0.245 e. The molecule has 0 radical (unpaired) electrons. The predicted molar refractivity (Wildman–Crippen MR) is 104 cm³/mol. The van der Waals surface area contributed by atoms with Crippen LogP contribution in [0.3, 0.4) is 0 Å². The minimum absolute atomic E-state index is 0.236. The molecule has 1 aliphatic carbocycles. The number of rotatable bonds is 7. The van der Waals surface area contributed by atoms with Crippen molar-refractivity contribution in [3.05, 3.63) is 71.4 Å². The Labute approximate surface area is 162 Å². The van der Waals surface area contributed by atoms with Gasteiger partial charge < -0.3 is 20.3 Å². The number of aryl methyl sites for hydroxylation is 1. The summed E-state index contributed by atoms with van der Waals surface area (Å²) >= 11 is 0. The zero-order chi connectivity index (χ0) is 19.5. The van der Waals surface area contributed by atoms with E-state index in [0.29, 0.717) is 29.1 Å². The SMILES string of the molecule is Cc1ccc(C(N)C(=O)Nc2ccc(OCc3noc(C4CC4)n3)cc2)cc1. The van der Waals surface area contributed by atoms with Crippen molar-refractivity contribution in [3.63, 3.8) is 0 Å². The third kappa shape index (κ3) is 4.37. The molecule has 28 heavy (non-hydrogen) atoms. The first-order valence-corrected chi connectivity index (χ1v) is 9.27. The highest BCUT2D eigenvalue weighted by Crippen LogP contribution is 2.38. The number of hydrogen-bond donors (Lipinski definition) is 2. The molecule has 1 heterocycles. The van der Waals surface area contributed by atoms with Gasteiger partial charge >= 0.3 is 0 Å². The van der Waals surface area contributed by atoms with Gasteiger partial charge in [-0.25, -0.2) is 0 Å². The molecule has 0 saturated heterocycles. The molecule has 3 N–H and O–H groups in total. The highest BCUT2D eigenvalue weighted by Gasteiger charge is 2.29. The second-order valence-corrected chi connectivity index (χ2v) is 7.01. The summed E-state index contributed by atoms with van der Waals surface area (Å²) < 4.78 is 10.9. The summed E-state index contributed by atoms with van der Waals surface area (Å²) in [5, 5.41) is 6.74. The van der Waals surface area contributed by atoms with Gasteiger partial charge in [0.25, 0.3) is 0 Å². The van der Waals surface area contributed by atoms with E-state index in [1.54, 1.807) is 24.3 Å². The Balaban J connectivity index is 1.30. The van der Waals surface area contributed by atoms with Crippen molar-refractivity contribution in [2.24, 2.45) is 5.73 Å². The van der Waals surface area contributed by atoms with Crippen LogP contribution in [0.2, 0.25) is 0 Å². The summed E-state index contributed by atoms with van der Waals surface area (Å²) in [4.78, 5) is 16.7. The largest absolute Gasteiger partial charge is 0.485 e. The summed E-state index contributed by atoms with van der Waals surface area (Å²) in [7, 11) is 0. The number of nitrogens with one attached hydrogen (secondary N) is 1. The van der Waals surface area contributed by atoms with Crippen molar-refractivity contribution in [2.75, 3.05) is 5.32 Å². The van der Waals surface area contributed by atoms with Gasteiger partial charge in [0.1, 0.15) is 11.8 Å². The number of aromatic nitrogens is 2. The van der Waals surface area contributed by atoms with Gasteiger partial charge in [-0.15, -0.1) is 0 Å². The maximum atomic E-state index is 12.4. The van der Waals surface area contributed by atoms with E-state index in [0.717, 1.165) is 24.0 Å². The quantitative estimate of drug-likeness (QED) is 0.652. The van der Waals surface area contributed by atoms with Gasteiger partial charge in [-0.1, -0.05) is 35.0 Å². The molecular weight excluding hydrogens is 356 g/mol. The first kappa shape index (κ1) is 18.2. The third-order valence-electron chi connectivity index (χ3n) is 4.62. The van der Waals surface area contributed by atoms with Gasteiger partial charge in [-0.3, -0.25) is 4.79 Å². The van der Waals surface area contributed by atoms with E-state index in [9.17, 15) is 4.79 Å². The van der Waals surface area contributed by atoms with Crippen molar-refractivity contribution in [1.29, 1.82) is 0 Å². The van der Waals surface area contributed by atoms with Crippen LogP contribution in [-0.2, 0) is 11.4 Å². The summed E-state index contributed by atoms with van der Waals surface area (Å²) in [5.74, 6) is 2.04. The lowest BCUT2D eigenvalue weighted by molar-refractivity contribution is -0.117. The van der Waals surface area contributed by atoms with E-state index in [4.69, 9.17) is 15.0 Å². The molecule has 0 aliphatic heterocycles. The zero-order valence-electron chi connectivity index (χ0n) is 15.6. The molecule has 7 heteroatoms. The second kappa shape index (κ2) is 7.82. The van der Waals surface area contributed by atoms with Crippen LogP contribution in [0.25, 0.3) is 0 Å². The second-order valence-electron chi connectivity index (χ2n) is 7.01. The van der Waals surface area contributed by atoms with Crippen molar-refractivity contribution in [1.82, 2.24) is 10.1 Å². The van der Waals surface area contributed by atoms with Crippen molar-refractivity contribution in [3.8, 4) is 5.75 Å². The number of carbonyl (C=O) groups is 1. The van der Waals surface area contributed by atoms with Crippen molar-refractivity contribution >= 4 is 11.6 Å². The molecule has 0 bridgehead atoms. The van der Waals surface area contributed by atoms with E-state index in [1.165, 1.54) is 0 Å². The van der Waals surface area contributed by atoms with Crippen LogP contribution in [0.5, 0.6) is 5.75 Å². The molecule has 1 unspecified atom stereocenters. The molecule has 4 rings (SSSR count). The average molecular weight is 378 g/mol. The van der Waals surface area contributed by atoms with E-state index >= 15 is 0 Å². The summed E-state index contributed by atoms with van der Waals surface area (Å²) in [5.41, 5.74) is 8.59. The van der Waals surface area contributed by atoms with Gasteiger partial charge in [-0.05, 0) is 49.6 Å². The minimum Gasteiger partial charge on any atom is -0.485 e. The van der Waals surface area contributed by atoms with Crippen LogP contribution in [0, 0.1) is 6.92 Å². The summed E-state index contributed by atoms with van der Waals surface area (Å²) in [6.07, 6.45) is 2.23. The third-order valence-corrected chi connectivity index (χ3v) is 4.62. The van der Waals surface area contributed by atoms with Crippen LogP contribution in [-0.4, -0.2) is 16.0 Å². The first-order valence-electron chi connectivity index (χ1n) is 9.27. The molecule has 1 atom stereocenters. The van der Waals surface area contributed by atoms with E-state index < -0.39 is 6.04 Å². The molecule has 3 aromatic rings. The van der Waals surface area contributed by atoms with Crippen LogP contribution in [0.1, 0.15) is 47.6 Å². The zero-order valence-corrected chi connectivity index (χ0v) is 15.6. The predicted octanol–water partition coefficient (Wildman–Crippen LogP) is 3.47. The number of anilines is 1. The topological polar surface area (TPSA) is 103 Å². The first-order chi connectivity index (χ1) is 13.6. The van der Waals surface area contributed by atoms with Crippen LogP contribution >= 0.6 is 0 Å². The number of benzene rings is 2. The van der Waals surface area contributed by atoms with Gasteiger partial charge in [0.2, 0.25) is 17.6 Å². The fourth-order valence-corrected chi connectivity index (χ4v) is 2.75. The highest BCUT2D eigenvalue weighted by molar-refractivity contribution is 5.95. The molecule has 7 nitrogen and oxygen atoms in total. The van der Waals surface area contributed by atoms with E-state index in [2.05, 4.69) is 15.5 Å². The Morgan fingerprint density at radius 2 is 1.93 bits per heavy atom. The average Bonchev–Trinajstić information content (AvgIpc) is 3.45. The van der Waals surface area contributed by atoms with E-state index in [-0.39, 0.29) is 12.5 Å². The van der Waals surface area contributed by atoms with Gasteiger partial charge in [-0.2, -0.15) is 4.98 Å². The lowest BCUT2D eigenvalue weighted by Crippen LogP contribution is -2.27. The Kier molecular flexibility index (Phi) is 5.08. The molecular formula is C21H22N4O3. The normalized spacial score (nSPS) is 14.5. The smallest absolute Gasteiger partial charge is 0.245 e. The molecule has 1 aromatic heterocycles. The number of carbonyl (C=O) groups excluding carboxylic acids is 1. The number of ether oxygens (including phenoxy) is 1. The van der Waals surface area contributed by atoms with Crippen molar-refractivity contribution < 1.29 is 14.1 Å². The Bertz CT molecular complexity index is 947. The van der Waals surface area contributed by atoms with Gasteiger partial charge in [0.05, 0.1) is 0 Å². The van der Waals surface area contributed by atoms with E-state index in [1.807, 2.05) is 31.2 Å². The van der Waals surface area contributed by atoms with Gasteiger partial charge in [0.15, 0.2) is 6.61 Å². The fourth-order valence-electron chi connectivity index (χ4n) is 2.75. The molecule has 0 spiro atoms. The maximum absolute atomic E-state index is 12.4. The number of amides is 1. The van der Waals surface area contributed by atoms with Crippen LogP contribution in [0.15, 0.2) is 53.1 Å². The Hall–Kier alpha value is -3.19. The molecule has 2 aromatic carbocycles. The highest BCUT2D eigenvalue weighted by atomic mass is 16.5. The molecule has 1 amide bonds. The Morgan fingerprint density at radius 3 is 2.61 bits per heavy atom. The van der Waals surface area contributed by atoms with Crippen LogP contribution in [0.4, 0.5) is 5.69 Å². The molecule has 144 valence electrons. The molecule has 1 saturated carbocycles. The summed E-state index contributed by atoms with van der Waals surface area (Å²) in [6.45, 7) is 2.23. The number of hydrogen-bond acceptors (Lipinski definition) is 6. The minimum atomic E-state index is -0.726. The Morgan fingerprint density at radius 1 is 1.21 bits per heavy atom. The van der Waals surface area contributed by atoms with Crippen molar-refractivity contribution in [2.45, 2.75) is 38.3 Å². The number of nitrogens with two attached hydrogens (primary N) is 1. The standard InChI is InChI=1S/C21H22N4O3/c1-13-2-4-14(5-3-13)19(22)20(26)23-16-8-10-17(11-9-16)27-12-18-24-21(28-25-18)15-6-7-15/h2-5,8-11,15,19H,6-7,12,22H2,1H3,(H,23,26). The van der Waals surface area contributed by atoms with Gasteiger partial charge in [0, 0.05) is 11.6 Å². The lowest BCUT2D eigenvalue weighted by Gasteiger charge is -2.13. The fraction of sp³-hybridized carbons (Fsp3) is 0.286. The summed E-state index contributed by atoms with van der Waals surface area (Å²) in [6, 6.07) is 13.9. The molecule has 1 fully saturated rings. The number of nitrogens with zero attached hydrogens (tertiary/aromatic N) is 2. The monoisotopic (exact) mass is 378 g/mol. The van der Waals surface area contributed by atoms with Crippen LogP contribution < -0.4 is 15.8 Å². The lowest BCUT2D eigenvalue weighted by atomic mass is 10.1.